The fraction of sp³-hybridized carbons (Fsp3) is 0.0938. The minimum Gasteiger partial charge on any atom is -0.497 e. The number of nitrogens with one attached hydrogen (secondary N) is 1. The number of nitrogens with zero attached hydrogens (tertiary/aromatic N) is 2. The summed E-state index contributed by atoms with van der Waals surface area (Å²) in [4.78, 5) is 32.8. The van der Waals surface area contributed by atoms with E-state index >= 15 is 0 Å². The van der Waals surface area contributed by atoms with E-state index in [2.05, 4.69) is 5.32 Å². The quantitative estimate of drug-likeness (QED) is 0.238. The third kappa shape index (κ3) is 5.32. The molecule has 5 aromatic rings. The zero-order valence-electron chi connectivity index (χ0n) is 22.4. The van der Waals surface area contributed by atoms with E-state index in [0.29, 0.717) is 53.6 Å². The molecule has 42 heavy (non-hydrogen) atoms. The van der Waals surface area contributed by atoms with Gasteiger partial charge in [-0.1, -0.05) is 64.9 Å². The number of aromatic nitrogens is 1. The predicted molar refractivity (Wildman–Crippen MR) is 166 cm³/mol. The number of para-hydroxylation sites is 1. The highest BCUT2D eigenvalue weighted by atomic mass is 35.5. The van der Waals surface area contributed by atoms with Gasteiger partial charge < -0.3 is 14.5 Å². The van der Waals surface area contributed by atoms with Crippen LogP contribution in [0.4, 0.5) is 5.69 Å². The van der Waals surface area contributed by atoms with E-state index in [1.165, 1.54) is 11.3 Å². The van der Waals surface area contributed by atoms with Crippen molar-refractivity contribution in [3.8, 4) is 17.1 Å². The van der Waals surface area contributed by atoms with E-state index in [4.69, 9.17) is 37.3 Å². The molecule has 7 nitrogen and oxygen atoms in total. The molecule has 6 rings (SSSR count). The molecule has 0 fully saturated rings. The lowest BCUT2D eigenvalue weighted by molar-refractivity contribution is -0.113. The zero-order valence-corrected chi connectivity index (χ0v) is 24.8. The number of benzene rings is 3. The van der Waals surface area contributed by atoms with Crippen molar-refractivity contribution in [2.24, 2.45) is 4.99 Å². The standard InChI is InChI=1S/C32H23Cl2N3O4S/c1-18-28(30(38)36-21-6-4-3-5-7-21)29(19-8-11-22(40-2)12-9-19)37-31(39)27(42-32(37)35-18)17-23-13-15-26(41-23)20-10-14-24(33)25(34)16-20/h3-17,29H,1-2H3,(H,36,38)/b27-17+/t29-/m1/s1. The van der Waals surface area contributed by atoms with E-state index in [1.54, 1.807) is 73.2 Å². The number of allylic oxidation sites excluding steroid dienone is 1. The van der Waals surface area contributed by atoms with Crippen LogP contribution >= 0.6 is 34.5 Å². The smallest absolute Gasteiger partial charge is 0.271 e. The second kappa shape index (κ2) is 11.5. The Hall–Kier alpha value is -4.37. The molecule has 3 heterocycles. The van der Waals surface area contributed by atoms with Crippen molar-refractivity contribution < 1.29 is 13.9 Å². The van der Waals surface area contributed by atoms with E-state index < -0.39 is 6.04 Å². The van der Waals surface area contributed by atoms with Gasteiger partial charge in [-0.15, -0.1) is 0 Å². The number of hydrogen-bond donors (Lipinski definition) is 1. The average Bonchev–Trinajstić information content (AvgIpc) is 3.58. The molecular weight excluding hydrogens is 593 g/mol. The van der Waals surface area contributed by atoms with Gasteiger partial charge in [-0.2, -0.15) is 0 Å². The molecule has 1 aliphatic rings. The van der Waals surface area contributed by atoms with Gasteiger partial charge in [-0.3, -0.25) is 14.2 Å². The van der Waals surface area contributed by atoms with Crippen LogP contribution in [0.25, 0.3) is 17.4 Å². The number of methoxy groups -OCH3 is 1. The van der Waals surface area contributed by atoms with E-state index in [0.717, 1.165) is 11.1 Å². The van der Waals surface area contributed by atoms with Crippen LogP contribution in [-0.2, 0) is 4.79 Å². The third-order valence-corrected chi connectivity index (χ3v) is 8.56. The Labute approximate surface area is 254 Å². The molecule has 3 aromatic carbocycles. The number of hydrogen-bond acceptors (Lipinski definition) is 6. The molecule has 0 unspecified atom stereocenters. The summed E-state index contributed by atoms with van der Waals surface area (Å²) >= 11 is 13.5. The number of amides is 1. The first kappa shape index (κ1) is 27.8. The summed E-state index contributed by atoms with van der Waals surface area (Å²) in [6.45, 7) is 1.78. The second-order valence-electron chi connectivity index (χ2n) is 9.51. The van der Waals surface area contributed by atoms with Crippen LogP contribution in [-0.4, -0.2) is 17.6 Å². The van der Waals surface area contributed by atoms with Gasteiger partial charge in [-0.05, 0) is 67.1 Å². The van der Waals surface area contributed by atoms with Gasteiger partial charge >= 0.3 is 0 Å². The van der Waals surface area contributed by atoms with Crippen LogP contribution in [0.5, 0.6) is 5.75 Å². The Kier molecular flexibility index (Phi) is 7.60. The highest BCUT2D eigenvalue weighted by molar-refractivity contribution is 7.07. The summed E-state index contributed by atoms with van der Waals surface area (Å²) in [5.74, 6) is 1.40. The van der Waals surface area contributed by atoms with Gasteiger partial charge in [0.1, 0.15) is 17.3 Å². The monoisotopic (exact) mass is 615 g/mol. The number of rotatable bonds is 6. The molecule has 1 aliphatic heterocycles. The number of carbonyl (C=O) groups excluding carboxylic acids is 1. The van der Waals surface area contributed by atoms with Gasteiger partial charge in [0.15, 0.2) is 4.80 Å². The number of fused-ring (bicyclic) bond motifs is 1. The highest BCUT2D eigenvalue weighted by Crippen LogP contribution is 2.32. The van der Waals surface area contributed by atoms with Gasteiger partial charge in [0.05, 0.1) is 39.0 Å². The van der Waals surface area contributed by atoms with Crippen LogP contribution in [0, 0.1) is 0 Å². The molecule has 0 saturated carbocycles. The molecule has 0 spiro atoms. The summed E-state index contributed by atoms with van der Waals surface area (Å²) in [6, 6.07) is 24.6. The van der Waals surface area contributed by atoms with E-state index in [-0.39, 0.29) is 11.5 Å². The first-order valence-electron chi connectivity index (χ1n) is 12.9. The molecule has 10 heteroatoms. The molecule has 0 radical (unpaired) electrons. The Morgan fingerprint density at radius 3 is 2.50 bits per heavy atom. The zero-order chi connectivity index (χ0) is 29.4. The number of furan rings is 1. The number of anilines is 1. The third-order valence-electron chi connectivity index (χ3n) is 6.83. The maximum Gasteiger partial charge on any atom is 0.271 e. The lowest BCUT2D eigenvalue weighted by Gasteiger charge is -2.25. The molecule has 1 amide bonds. The van der Waals surface area contributed by atoms with Gasteiger partial charge in [0, 0.05) is 17.3 Å². The van der Waals surface area contributed by atoms with Crippen molar-refractivity contribution in [3.63, 3.8) is 0 Å². The van der Waals surface area contributed by atoms with Gasteiger partial charge in [0.25, 0.3) is 11.5 Å². The highest BCUT2D eigenvalue weighted by Gasteiger charge is 2.32. The minimum absolute atomic E-state index is 0.287. The van der Waals surface area contributed by atoms with Crippen molar-refractivity contribution in [1.29, 1.82) is 0 Å². The number of thiazole rings is 1. The number of carbonyl (C=O) groups is 1. The Morgan fingerprint density at radius 2 is 1.79 bits per heavy atom. The molecule has 0 saturated heterocycles. The molecule has 1 atom stereocenters. The largest absolute Gasteiger partial charge is 0.497 e. The van der Waals surface area contributed by atoms with Crippen molar-refractivity contribution in [2.45, 2.75) is 13.0 Å². The average molecular weight is 617 g/mol. The van der Waals surface area contributed by atoms with Crippen LogP contribution in [0.3, 0.4) is 0 Å². The van der Waals surface area contributed by atoms with Crippen LogP contribution in [0.1, 0.15) is 24.3 Å². The van der Waals surface area contributed by atoms with E-state index in [9.17, 15) is 9.59 Å². The van der Waals surface area contributed by atoms with E-state index in [1.807, 2.05) is 36.4 Å². The van der Waals surface area contributed by atoms with Crippen LogP contribution in [0.15, 0.2) is 110 Å². The maximum absolute atomic E-state index is 13.9. The maximum atomic E-state index is 13.9. The fourth-order valence-electron chi connectivity index (χ4n) is 4.80. The second-order valence-corrected chi connectivity index (χ2v) is 11.3. The lowest BCUT2D eigenvalue weighted by atomic mass is 9.95. The summed E-state index contributed by atoms with van der Waals surface area (Å²) < 4.78 is 13.3. The van der Waals surface area contributed by atoms with Crippen molar-refractivity contribution in [1.82, 2.24) is 4.57 Å². The topological polar surface area (TPSA) is 85.8 Å². The fourth-order valence-corrected chi connectivity index (χ4v) is 6.12. The SMILES string of the molecule is COc1ccc([C@@H]2C(C(=O)Nc3ccccc3)=C(C)N=c3s/c(=C/c4ccc(-c5ccc(Cl)c(Cl)c5)o4)c(=O)n32)cc1. The molecule has 2 aromatic heterocycles. The molecular formula is C32H23Cl2N3O4S. The normalized spacial score (nSPS) is 14.9. The Morgan fingerprint density at radius 1 is 1.02 bits per heavy atom. The van der Waals surface area contributed by atoms with Gasteiger partial charge in [0.2, 0.25) is 0 Å². The number of halogens is 2. The first-order chi connectivity index (χ1) is 20.3. The molecule has 210 valence electrons. The van der Waals surface area contributed by atoms with Crippen LogP contribution in [0.2, 0.25) is 10.0 Å². The molecule has 0 bridgehead atoms. The van der Waals surface area contributed by atoms with Crippen molar-refractivity contribution in [3.05, 3.63) is 137 Å². The summed E-state index contributed by atoms with van der Waals surface area (Å²) in [6.07, 6.45) is 1.68. The lowest BCUT2D eigenvalue weighted by Crippen LogP contribution is -2.40. The summed E-state index contributed by atoms with van der Waals surface area (Å²) in [5.41, 5.74) is 2.76. The first-order valence-corrected chi connectivity index (χ1v) is 14.5. The predicted octanol–water partition coefficient (Wildman–Crippen LogP) is 6.45. The van der Waals surface area contributed by atoms with Gasteiger partial charge in [-0.25, -0.2) is 4.99 Å². The minimum atomic E-state index is -0.707. The van der Waals surface area contributed by atoms with Crippen LogP contribution < -0.4 is 24.9 Å². The number of ether oxygens (including phenoxy) is 1. The summed E-state index contributed by atoms with van der Waals surface area (Å²) in [5, 5.41) is 3.82. The van der Waals surface area contributed by atoms with Crippen molar-refractivity contribution in [2.75, 3.05) is 12.4 Å². The Balaban J connectivity index is 1.44. The summed E-state index contributed by atoms with van der Waals surface area (Å²) in [7, 11) is 1.59. The Bertz CT molecular complexity index is 2030. The van der Waals surface area contributed by atoms with Crippen molar-refractivity contribution >= 4 is 52.2 Å². The molecule has 0 aliphatic carbocycles. The molecule has 1 N–H and O–H groups in total.